The fourth-order valence-corrected chi connectivity index (χ4v) is 3.20. The maximum atomic E-state index is 12.7. The smallest absolute Gasteiger partial charge is 0.257 e. The molecule has 0 aliphatic heterocycles. The maximum absolute atomic E-state index is 12.7. The molecule has 1 N–H and O–H groups in total. The van der Waals surface area contributed by atoms with Crippen molar-refractivity contribution in [3.8, 4) is 6.07 Å². The van der Waals surface area contributed by atoms with Gasteiger partial charge in [-0.15, -0.1) is 0 Å². The molecule has 0 aliphatic carbocycles. The fourth-order valence-electron chi connectivity index (χ4n) is 3.20. The number of aromatic amines is 1. The second-order valence-corrected chi connectivity index (χ2v) is 6.01. The molecule has 5 heteroatoms. The lowest BCUT2D eigenvalue weighted by Gasteiger charge is -2.20. The molecular formula is C20H16N4O. The second kappa shape index (κ2) is 5.84. The van der Waals surface area contributed by atoms with Gasteiger partial charge < -0.3 is 9.88 Å². The van der Waals surface area contributed by atoms with E-state index in [1.165, 1.54) is 0 Å². The quantitative estimate of drug-likeness (QED) is 0.627. The van der Waals surface area contributed by atoms with E-state index < -0.39 is 0 Å². The van der Waals surface area contributed by atoms with Gasteiger partial charge in [-0.1, -0.05) is 30.3 Å². The predicted molar refractivity (Wildman–Crippen MR) is 98.8 cm³/mol. The zero-order valence-electron chi connectivity index (χ0n) is 13.7. The Labute approximate surface area is 144 Å². The first kappa shape index (κ1) is 15.0. The molecule has 122 valence electrons. The Balaban J connectivity index is 1.89. The van der Waals surface area contributed by atoms with Crippen LogP contribution in [0.5, 0.6) is 0 Å². The largest absolute Gasteiger partial charge is 0.370 e. The number of aromatic nitrogens is 2. The molecule has 0 saturated carbocycles. The van der Waals surface area contributed by atoms with Crippen molar-refractivity contribution >= 4 is 22.4 Å². The average molecular weight is 328 g/mol. The van der Waals surface area contributed by atoms with Crippen LogP contribution in [0.3, 0.4) is 0 Å². The van der Waals surface area contributed by atoms with Crippen molar-refractivity contribution in [1.82, 2.24) is 9.38 Å². The Morgan fingerprint density at radius 1 is 1.12 bits per heavy atom. The Bertz CT molecular complexity index is 1170. The molecule has 0 saturated heterocycles. The van der Waals surface area contributed by atoms with Crippen LogP contribution in [0.25, 0.3) is 16.7 Å². The summed E-state index contributed by atoms with van der Waals surface area (Å²) < 4.78 is 1.57. The van der Waals surface area contributed by atoms with Gasteiger partial charge in [-0.25, -0.2) is 0 Å². The van der Waals surface area contributed by atoms with E-state index in [1.54, 1.807) is 10.5 Å². The summed E-state index contributed by atoms with van der Waals surface area (Å²) in [6.07, 6.45) is 0. The Morgan fingerprint density at radius 2 is 1.84 bits per heavy atom. The molecule has 2 aromatic carbocycles. The van der Waals surface area contributed by atoms with Crippen molar-refractivity contribution in [3.05, 3.63) is 82.1 Å². The number of benzene rings is 2. The lowest BCUT2D eigenvalue weighted by atomic mass is 10.1. The Morgan fingerprint density at radius 3 is 2.60 bits per heavy atom. The molecule has 0 atom stereocenters. The van der Waals surface area contributed by atoms with Crippen molar-refractivity contribution in [2.75, 3.05) is 11.9 Å². The summed E-state index contributed by atoms with van der Waals surface area (Å²) in [5.41, 5.74) is 4.27. The summed E-state index contributed by atoms with van der Waals surface area (Å²) in [4.78, 5) is 17.9. The summed E-state index contributed by atoms with van der Waals surface area (Å²) in [7, 11) is 1.95. The van der Waals surface area contributed by atoms with Gasteiger partial charge in [-0.3, -0.25) is 9.20 Å². The van der Waals surface area contributed by atoms with E-state index in [1.807, 2.05) is 66.5 Å². The van der Waals surface area contributed by atoms with Crippen LogP contribution in [0.15, 0.2) is 65.5 Å². The molecule has 0 amide bonds. The fraction of sp³-hybridized carbons (Fsp3) is 0.100. The van der Waals surface area contributed by atoms with Gasteiger partial charge in [0.15, 0.2) is 0 Å². The van der Waals surface area contributed by atoms with Gasteiger partial charge in [0.05, 0.1) is 16.6 Å². The Kier molecular flexibility index (Phi) is 3.51. The molecule has 5 nitrogen and oxygen atoms in total. The molecular weight excluding hydrogens is 312 g/mol. The molecule has 0 unspecified atom stereocenters. The number of hydrogen-bond donors (Lipinski definition) is 1. The minimum atomic E-state index is -0.136. The second-order valence-electron chi connectivity index (χ2n) is 6.01. The van der Waals surface area contributed by atoms with Crippen LogP contribution in [0, 0.1) is 11.3 Å². The summed E-state index contributed by atoms with van der Waals surface area (Å²) in [5.74, 6) is 0. The number of anilines is 1. The van der Waals surface area contributed by atoms with Crippen LogP contribution in [0.1, 0.15) is 11.1 Å². The molecule has 2 heterocycles. The van der Waals surface area contributed by atoms with Gasteiger partial charge in [-0.2, -0.15) is 5.26 Å². The van der Waals surface area contributed by atoms with Gasteiger partial charge in [0, 0.05) is 25.3 Å². The molecule has 0 fully saturated rings. The third-order valence-electron chi connectivity index (χ3n) is 4.41. The summed E-state index contributed by atoms with van der Waals surface area (Å²) >= 11 is 0. The number of para-hydroxylation sites is 3. The first-order chi connectivity index (χ1) is 12.2. The highest BCUT2D eigenvalue weighted by molar-refractivity contribution is 5.82. The molecule has 4 rings (SSSR count). The van der Waals surface area contributed by atoms with Gasteiger partial charge in [0.25, 0.3) is 5.56 Å². The first-order valence-electron chi connectivity index (χ1n) is 8.00. The summed E-state index contributed by atoms with van der Waals surface area (Å²) in [5, 5.41) is 9.71. The van der Waals surface area contributed by atoms with Crippen molar-refractivity contribution in [2.24, 2.45) is 0 Å². The van der Waals surface area contributed by atoms with E-state index in [0.29, 0.717) is 23.3 Å². The number of pyridine rings is 1. The molecule has 0 bridgehead atoms. The van der Waals surface area contributed by atoms with Crippen LogP contribution in [-0.4, -0.2) is 16.4 Å². The zero-order chi connectivity index (χ0) is 17.4. The molecule has 0 aliphatic rings. The van der Waals surface area contributed by atoms with Gasteiger partial charge in [0.2, 0.25) is 0 Å². The van der Waals surface area contributed by atoms with Crippen LogP contribution in [-0.2, 0) is 6.54 Å². The predicted octanol–water partition coefficient (Wildman–Crippen LogP) is 3.29. The monoisotopic (exact) mass is 328 g/mol. The normalized spacial score (nSPS) is 10.9. The topological polar surface area (TPSA) is 64.3 Å². The standard InChI is InChI=1S/C20H16N4O/c1-23(15-7-3-2-4-8-15)13-14-11-19(25)24-18-10-6-5-9-17(18)22-20(24)16(14)12-21/h2-11,22H,13H2,1H3. The average Bonchev–Trinajstić information content (AvgIpc) is 3.02. The number of rotatable bonds is 3. The van der Waals surface area contributed by atoms with E-state index in [-0.39, 0.29) is 5.56 Å². The van der Waals surface area contributed by atoms with E-state index in [2.05, 4.69) is 11.1 Å². The highest BCUT2D eigenvalue weighted by Crippen LogP contribution is 2.21. The first-order valence-corrected chi connectivity index (χ1v) is 8.00. The van der Waals surface area contributed by atoms with Crippen LogP contribution in [0.4, 0.5) is 5.69 Å². The van der Waals surface area contributed by atoms with Gasteiger partial charge in [0.1, 0.15) is 11.7 Å². The number of nitrogens with zero attached hydrogens (tertiary/aromatic N) is 3. The number of fused-ring (bicyclic) bond motifs is 3. The molecule has 0 spiro atoms. The number of imidazole rings is 1. The highest BCUT2D eigenvalue weighted by Gasteiger charge is 2.16. The Hall–Kier alpha value is -3.52. The summed E-state index contributed by atoms with van der Waals surface area (Å²) in [6.45, 7) is 0.480. The zero-order valence-corrected chi connectivity index (χ0v) is 13.7. The molecule has 25 heavy (non-hydrogen) atoms. The lowest BCUT2D eigenvalue weighted by molar-refractivity contribution is 0.911. The SMILES string of the molecule is CN(Cc1cc(=O)n2c([nH]c3ccccc32)c1C#N)c1ccccc1. The van der Waals surface area contributed by atoms with E-state index in [4.69, 9.17) is 0 Å². The minimum Gasteiger partial charge on any atom is -0.370 e. The van der Waals surface area contributed by atoms with Crippen molar-refractivity contribution in [1.29, 1.82) is 5.26 Å². The van der Waals surface area contributed by atoms with Gasteiger partial charge >= 0.3 is 0 Å². The lowest BCUT2D eigenvalue weighted by Crippen LogP contribution is -2.21. The van der Waals surface area contributed by atoms with E-state index in [0.717, 1.165) is 16.7 Å². The number of nitriles is 1. The van der Waals surface area contributed by atoms with Crippen molar-refractivity contribution in [3.63, 3.8) is 0 Å². The molecule has 2 aromatic heterocycles. The molecule has 0 radical (unpaired) electrons. The third-order valence-corrected chi connectivity index (χ3v) is 4.41. The highest BCUT2D eigenvalue weighted by atomic mass is 16.1. The van der Waals surface area contributed by atoms with E-state index in [9.17, 15) is 10.1 Å². The number of nitrogens with one attached hydrogen (secondary N) is 1. The third kappa shape index (κ3) is 2.45. The number of hydrogen-bond acceptors (Lipinski definition) is 3. The van der Waals surface area contributed by atoms with Crippen molar-refractivity contribution < 1.29 is 0 Å². The van der Waals surface area contributed by atoms with Crippen LogP contribution < -0.4 is 10.5 Å². The molecule has 4 aromatic rings. The minimum absolute atomic E-state index is 0.136. The summed E-state index contributed by atoms with van der Waals surface area (Å²) in [6, 6.07) is 21.3. The van der Waals surface area contributed by atoms with Crippen LogP contribution in [0.2, 0.25) is 0 Å². The maximum Gasteiger partial charge on any atom is 0.257 e. The van der Waals surface area contributed by atoms with Gasteiger partial charge in [-0.05, 0) is 29.8 Å². The number of H-pyrrole nitrogens is 1. The van der Waals surface area contributed by atoms with Crippen LogP contribution >= 0.6 is 0 Å². The van der Waals surface area contributed by atoms with Crippen molar-refractivity contribution in [2.45, 2.75) is 6.54 Å². The van der Waals surface area contributed by atoms with E-state index >= 15 is 0 Å².